The summed E-state index contributed by atoms with van der Waals surface area (Å²) in [7, 11) is 0. The van der Waals surface area contributed by atoms with Crippen LogP contribution in [0, 0.1) is 11.8 Å². The molecule has 0 aromatic heterocycles. The van der Waals surface area contributed by atoms with Crippen LogP contribution >= 0.6 is 0 Å². The number of rotatable bonds is 6. The first-order valence-electron chi connectivity index (χ1n) is 6.08. The molecular weight excluding hydrogens is 188 g/mol. The molecule has 2 N–H and O–H groups in total. The Labute approximate surface area is 93.0 Å². The van der Waals surface area contributed by atoms with E-state index in [4.69, 9.17) is 0 Å². The van der Waals surface area contributed by atoms with Gasteiger partial charge in [-0.1, -0.05) is 20.8 Å². The monoisotopic (exact) mass is 212 g/mol. The SMILES string of the molecule is CC(C)CNC(=O)CCNC1CC(C)C1. The van der Waals surface area contributed by atoms with E-state index in [2.05, 4.69) is 31.4 Å². The van der Waals surface area contributed by atoms with Crippen molar-refractivity contribution >= 4 is 5.91 Å². The summed E-state index contributed by atoms with van der Waals surface area (Å²) in [5.41, 5.74) is 0. The third kappa shape index (κ3) is 5.17. The number of carbonyl (C=O) groups is 1. The van der Waals surface area contributed by atoms with E-state index in [0.717, 1.165) is 19.0 Å². The summed E-state index contributed by atoms with van der Waals surface area (Å²) in [4.78, 5) is 11.3. The Balaban J connectivity index is 1.93. The summed E-state index contributed by atoms with van der Waals surface area (Å²) in [6.45, 7) is 8.09. The zero-order valence-electron chi connectivity index (χ0n) is 10.2. The minimum absolute atomic E-state index is 0.170. The highest BCUT2D eigenvalue weighted by Crippen LogP contribution is 2.25. The van der Waals surface area contributed by atoms with Crippen molar-refractivity contribution in [3.63, 3.8) is 0 Å². The summed E-state index contributed by atoms with van der Waals surface area (Å²) in [6, 6.07) is 0.665. The fraction of sp³-hybridized carbons (Fsp3) is 0.917. The highest BCUT2D eigenvalue weighted by Gasteiger charge is 2.24. The van der Waals surface area contributed by atoms with Crippen molar-refractivity contribution < 1.29 is 4.79 Å². The van der Waals surface area contributed by atoms with Gasteiger partial charge in [0.15, 0.2) is 0 Å². The molecule has 1 saturated carbocycles. The van der Waals surface area contributed by atoms with Gasteiger partial charge in [-0.3, -0.25) is 4.79 Å². The predicted molar refractivity (Wildman–Crippen MR) is 62.7 cm³/mol. The quantitative estimate of drug-likeness (QED) is 0.701. The van der Waals surface area contributed by atoms with Gasteiger partial charge in [0.2, 0.25) is 5.91 Å². The number of hydrogen-bond acceptors (Lipinski definition) is 2. The molecule has 15 heavy (non-hydrogen) atoms. The second-order valence-corrected chi connectivity index (χ2v) is 5.18. The van der Waals surface area contributed by atoms with Crippen LogP contribution in [0.5, 0.6) is 0 Å². The van der Waals surface area contributed by atoms with Crippen LogP contribution in [0.1, 0.15) is 40.0 Å². The third-order valence-electron chi connectivity index (χ3n) is 2.87. The van der Waals surface area contributed by atoms with E-state index in [0.29, 0.717) is 18.4 Å². The molecule has 0 aliphatic heterocycles. The molecule has 0 heterocycles. The van der Waals surface area contributed by atoms with Crippen molar-refractivity contribution in [1.82, 2.24) is 10.6 Å². The van der Waals surface area contributed by atoms with Crippen LogP contribution in [-0.2, 0) is 4.79 Å². The van der Waals surface area contributed by atoms with E-state index in [1.165, 1.54) is 12.8 Å². The Hall–Kier alpha value is -0.570. The normalized spacial score (nSPS) is 25.1. The van der Waals surface area contributed by atoms with E-state index in [1.807, 2.05) is 0 Å². The molecule has 3 nitrogen and oxygen atoms in total. The molecule has 0 radical (unpaired) electrons. The maximum atomic E-state index is 11.3. The van der Waals surface area contributed by atoms with Gasteiger partial charge in [-0.2, -0.15) is 0 Å². The van der Waals surface area contributed by atoms with Crippen LogP contribution in [0.15, 0.2) is 0 Å². The van der Waals surface area contributed by atoms with Crippen LogP contribution in [0.2, 0.25) is 0 Å². The van der Waals surface area contributed by atoms with E-state index in [1.54, 1.807) is 0 Å². The molecule has 1 amide bonds. The van der Waals surface area contributed by atoms with Crippen LogP contribution < -0.4 is 10.6 Å². The molecule has 1 aliphatic rings. The predicted octanol–water partition coefficient (Wildman–Crippen LogP) is 1.54. The van der Waals surface area contributed by atoms with Gasteiger partial charge in [0.1, 0.15) is 0 Å². The average Bonchev–Trinajstić information content (AvgIpc) is 2.12. The van der Waals surface area contributed by atoms with Crippen LogP contribution in [0.25, 0.3) is 0 Å². The van der Waals surface area contributed by atoms with Crippen molar-refractivity contribution in [3.05, 3.63) is 0 Å². The molecule has 0 atom stereocenters. The molecule has 1 aliphatic carbocycles. The van der Waals surface area contributed by atoms with Gasteiger partial charge in [0, 0.05) is 25.6 Å². The minimum atomic E-state index is 0.170. The molecule has 3 heteroatoms. The molecule has 1 rings (SSSR count). The molecule has 1 fully saturated rings. The number of nitrogens with one attached hydrogen (secondary N) is 2. The molecule has 0 aromatic carbocycles. The van der Waals surface area contributed by atoms with Gasteiger partial charge in [0.25, 0.3) is 0 Å². The largest absolute Gasteiger partial charge is 0.356 e. The summed E-state index contributed by atoms with van der Waals surface area (Å²) in [6.07, 6.45) is 3.15. The van der Waals surface area contributed by atoms with Crippen LogP contribution in [0.4, 0.5) is 0 Å². The second-order valence-electron chi connectivity index (χ2n) is 5.18. The number of amides is 1. The Morgan fingerprint density at radius 1 is 1.40 bits per heavy atom. The maximum Gasteiger partial charge on any atom is 0.221 e. The first-order valence-corrected chi connectivity index (χ1v) is 6.08. The summed E-state index contributed by atoms with van der Waals surface area (Å²) >= 11 is 0. The zero-order chi connectivity index (χ0) is 11.3. The average molecular weight is 212 g/mol. The van der Waals surface area contributed by atoms with Crippen molar-refractivity contribution in [2.45, 2.75) is 46.1 Å². The summed E-state index contributed by atoms with van der Waals surface area (Å²) in [5, 5.41) is 6.33. The first kappa shape index (κ1) is 12.5. The lowest BCUT2D eigenvalue weighted by Crippen LogP contribution is -2.41. The third-order valence-corrected chi connectivity index (χ3v) is 2.87. The molecule has 0 unspecified atom stereocenters. The van der Waals surface area contributed by atoms with Gasteiger partial charge in [-0.05, 0) is 24.7 Å². The fourth-order valence-corrected chi connectivity index (χ4v) is 1.87. The van der Waals surface area contributed by atoms with Crippen LogP contribution in [0.3, 0.4) is 0 Å². The van der Waals surface area contributed by atoms with Crippen molar-refractivity contribution in [3.8, 4) is 0 Å². The number of carbonyl (C=O) groups excluding carboxylic acids is 1. The first-order chi connectivity index (χ1) is 7.08. The summed E-state index contributed by atoms with van der Waals surface area (Å²) in [5.74, 6) is 1.58. The molecule has 88 valence electrons. The van der Waals surface area contributed by atoms with E-state index >= 15 is 0 Å². The van der Waals surface area contributed by atoms with E-state index < -0.39 is 0 Å². The van der Waals surface area contributed by atoms with Crippen LogP contribution in [-0.4, -0.2) is 25.0 Å². The summed E-state index contributed by atoms with van der Waals surface area (Å²) < 4.78 is 0. The Bertz CT molecular complexity index is 198. The standard InChI is InChI=1S/C12H24N2O/c1-9(2)8-14-12(15)4-5-13-11-6-10(3)7-11/h9-11,13H,4-8H2,1-3H3,(H,14,15). The van der Waals surface area contributed by atoms with Crippen molar-refractivity contribution in [2.24, 2.45) is 11.8 Å². The molecular formula is C12H24N2O. The Morgan fingerprint density at radius 2 is 2.07 bits per heavy atom. The Kier molecular flexibility index (Phi) is 5.09. The lowest BCUT2D eigenvalue weighted by atomic mass is 9.82. The highest BCUT2D eigenvalue weighted by atomic mass is 16.1. The second kappa shape index (κ2) is 6.11. The Morgan fingerprint density at radius 3 is 2.60 bits per heavy atom. The lowest BCUT2D eigenvalue weighted by molar-refractivity contribution is -0.121. The molecule has 0 aromatic rings. The van der Waals surface area contributed by atoms with Crippen molar-refractivity contribution in [2.75, 3.05) is 13.1 Å². The van der Waals surface area contributed by atoms with Gasteiger partial charge < -0.3 is 10.6 Å². The van der Waals surface area contributed by atoms with Gasteiger partial charge >= 0.3 is 0 Å². The topological polar surface area (TPSA) is 41.1 Å². The van der Waals surface area contributed by atoms with E-state index in [9.17, 15) is 4.79 Å². The highest BCUT2D eigenvalue weighted by molar-refractivity contribution is 5.76. The lowest BCUT2D eigenvalue weighted by Gasteiger charge is -2.33. The number of hydrogen-bond donors (Lipinski definition) is 2. The smallest absolute Gasteiger partial charge is 0.221 e. The fourth-order valence-electron chi connectivity index (χ4n) is 1.87. The van der Waals surface area contributed by atoms with E-state index in [-0.39, 0.29) is 5.91 Å². The van der Waals surface area contributed by atoms with Crippen molar-refractivity contribution in [1.29, 1.82) is 0 Å². The molecule has 0 spiro atoms. The minimum Gasteiger partial charge on any atom is -0.356 e. The molecule has 0 saturated heterocycles. The van der Waals surface area contributed by atoms with Gasteiger partial charge in [0.05, 0.1) is 0 Å². The van der Waals surface area contributed by atoms with Gasteiger partial charge in [-0.25, -0.2) is 0 Å². The molecule has 0 bridgehead atoms. The zero-order valence-corrected chi connectivity index (χ0v) is 10.2. The van der Waals surface area contributed by atoms with Gasteiger partial charge in [-0.15, -0.1) is 0 Å². The maximum absolute atomic E-state index is 11.3.